The van der Waals surface area contributed by atoms with Crippen LogP contribution in [0.5, 0.6) is 0 Å². The van der Waals surface area contributed by atoms with Gasteiger partial charge in [-0.05, 0) is 163 Å². The van der Waals surface area contributed by atoms with E-state index >= 15 is 0 Å². The maximum absolute atomic E-state index is 12.7. The van der Waals surface area contributed by atoms with Crippen LogP contribution < -0.4 is 15.0 Å². The van der Waals surface area contributed by atoms with Gasteiger partial charge in [0.1, 0.15) is 11.3 Å². The Bertz CT molecular complexity index is 3620. The number of para-hydroxylation sites is 2. The molecule has 0 amide bonds. The summed E-state index contributed by atoms with van der Waals surface area (Å²) in [5.74, 6) is 0.486. The molecule has 0 radical (unpaired) electrons. The molecule has 0 fully saturated rings. The van der Waals surface area contributed by atoms with E-state index < -0.39 is 0 Å². The third kappa shape index (κ3) is 9.24. The van der Waals surface area contributed by atoms with Gasteiger partial charge in [-0.25, -0.2) is 0 Å². The van der Waals surface area contributed by atoms with Crippen molar-refractivity contribution in [3.05, 3.63) is 201 Å². The van der Waals surface area contributed by atoms with E-state index in [-0.39, 0.29) is 16.7 Å². The van der Waals surface area contributed by atoms with Crippen molar-refractivity contribution < 1.29 is 9.52 Å². The molecule has 0 saturated carbocycles. The van der Waals surface area contributed by atoms with Crippen LogP contribution in [0.2, 0.25) is 0 Å². The number of furan rings is 1. The molecule has 0 spiro atoms. The molecule has 1 aromatic heterocycles. The first kappa shape index (κ1) is 49.5. The maximum atomic E-state index is 12.7. The molecule has 2 aliphatic carbocycles. The van der Waals surface area contributed by atoms with Gasteiger partial charge in [0, 0.05) is 50.3 Å². The lowest BCUT2D eigenvalue weighted by Crippen LogP contribution is -2.23. The highest BCUT2D eigenvalue weighted by Gasteiger charge is 2.30. The molecule has 1 heterocycles. The van der Waals surface area contributed by atoms with Crippen LogP contribution in [0.1, 0.15) is 120 Å². The molecule has 0 bridgehead atoms. The quantitative estimate of drug-likeness (QED) is 0.0871. The molecule has 7 aromatic carbocycles. The summed E-state index contributed by atoms with van der Waals surface area (Å²) in [6.07, 6.45) is 21.8. The molecule has 0 aliphatic heterocycles. The fourth-order valence-electron chi connectivity index (χ4n) is 11.8. The van der Waals surface area contributed by atoms with Gasteiger partial charge in [-0.1, -0.05) is 169 Å². The average Bonchev–Trinajstić information content (AvgIpc) is 3.47. The van der Waals surface area contributed by atoms with Crippen molar-refractivity contribution in [2.24, 2.45) is 11.3 Å². The summed E-state index contributed by atoms with van der Waals surface area (Å²) in [5.41, 5.74) is 17.0. The second-order valence-corrected chi connectivity index (χ2v) is 22.4. The zero-order chi connectivity index (χ0) is 51.3. The van der Waals surface area contributed by atoms with Crippen molar-refractivity contribution in [1.82, 2.24) is 0 Å². The van der Waals surface area contributed by atoms with Gasteiger partial charge in [0.05, 0.1) is 17.9 Å². The number of aryl methyl sites for hydroxylation is 4. The summed E-state index contributed by atoms with van der Waals surface area (Å²) >= 11 is 0. The van der Waals surface area contributed by atoms with Crippen molar-refractivity contribution in [2.45, 2.75) is 120 Å². The molecular formula is C69H74N2O2. The first-order valence-electron chi connectivity index (χ1n) is 26.9. The summed E-state index contributed by atoms with van der Waals surface area (Å²) in [6.45, 7) is 25.1. The predicted octanol–water partition coefficient (Wildman–Crippen LogP) is 19.1. The number of rotatable bonds is 14. The van der Waals surface area contributed by atoms with Crippen LogP contribution in [-0.2, 0) is 5.41 Å². The molecule has 73 heavy (non-hydrogen) atoms. The first-order chi connectivity index (χ1) is 35.1. The number of fused-ring (bicyclic) bond motifs is 3. The molecule has 4 nitrogen and oxygen atoms in total. The molecule has 1 unspecified atom stereocenters. The predicted molar refractivity (Wildman–Crippen MR) is 315 cm³/mol. The Kier molecular flexibility index (Phi) is 13.4. The van der Waals surface area contributed by atoms with Crippen LogP contribution in [0.3, 0.4) is 0 Å². The van der Waals surface area contributed by atoms with Crippen LogP contribution >= 0.6 is 0 Å². The number of benzene rings is 7. The molecule has 8 aromatic rings. The molecule has 1 N–H and O–H groups in total. The van der Waals surface area contributed by atoms with Crippen LogP contribution in [0.25, 0.3) is 55.3 Å². The van der Waals surface area contributed by atoms with Gasteiger partial charge in [-0.15, -0.1) is 0 Å². The third-order valence-corrected chi connectivity index (χ3v) is 16.4. The zero-order valence-corrected chi connectivity index (χ0v) is 45.2. The van der Waals surface area contributed by atoms with E-state index in [1.807, 2.05) is 0 Å². The average molecular weight is 963 g/mol. The number of hydrogen-bond acceptors (Lipinski definition) is 4. The van der Waals surface area contributed by atoms with Crippen LogP contribution in [0.4, 0.5) is 22.7 Å². The van der Waals surface area contributed by atoms with Gasteiger partial charge in [-0.3, -0.25) is 0 Å². The van der Waals surface area contributed by atoms with Crippen molar-refractivity contribution in [3.63, 3.8) is 0 Å². The van der Waals surface area contributed by atoms with Crippen LogP contribution in [0, 0.1) is 39.0 Å². The normalized spacial score (nSPS) is 15.7. The van der Waals surface area contributed by atoms with Gasteiger partial charge < -0.3 is 19.3 Å². The summed E-state index contributed by atoms with van der Waals surface area (Å²) in [5, 5.41) is 21.0. The van der Waals surface area contributed by atoms with Gasteiger partial charge in [0.2, 0.25) is 0 Å². The Morgan fingerprint density at radius 3 is 2.05 bits per heavy atom. The van der Waals surface area contributed by atoms with E-state index in [0.717, 1.165) is 99.9 Å². The molecule has 372 valence electrons. The summed E-state index contributed by atoms with van der Waals surface area (Å²) in [7, 11) is 0. The van der Waals surface area contributed by atoms with Crippen molar-refractivity contribution in [2.75, 3.05) is 16.3 Å². The van der Waals surface area contributed by atoms with Gasteiger partial charge in [-0.2, -0.15) is 0 Å². The number of aliphatic hydroxyl groups is 1. The SMILES string of the molecule is CC/C=C\C(=C(\O)CN(c1cc(C)cc(C)c1)c1ccc2ccc3c4c(ccc1c24)=CCC=C3N(c1cc(C)cc(C)c1)c1cccc2c1oc1c(C(C)(C)CC)cccc12)C1C=CC=C(C(C)(C)CC)CC1. The number of anilines is 4. The van der Waals surface area contributed by atoms with Crippen molar-refractivity contribution in [3.8, 4) is 0 Å². The summed E-state index contributed by atoms with van der Waals surface area (Å²) in [4.78, 5) is 4.82. The lowest BCUT2D eigenvalue weighted by atomic mass is 9.78. The van der Waals surface area contributed by atoms with E-state index in [0.29, 0.717) is 12.3 Å². The molecule has 10 rings (SSSR count). The van der Waals surface area contributed by atoms with Gasteiger partial charge in [0.25, 0.3) is 0 Å². The Morgan fingerprint density at radius 2 is 1.36 bits per heavy atom. The number of allylic oxidation sites excluding steroid dienone is 8. The van der Waals surface area contributed by atoms with Crippen molar-refractivity contribution >= 4 is 78.0 Å². The second kappa shape index (κ2) is 19.8. The van der Waals surface area contributed by atoms with E-state index in [9.17, 15) is 5.11 Å². The van der Waals surface area contributed by atoms with Gasteiger partial charge >= 0.3 is 0 Å². The molecule has 1 atom stereocenters. The standard InChI is InChI=1S/C69H74N2O2/c1-12-15-23-54(48-20-16-22-51(33-29-48)68(8,9)13-2)63(72)43-70(52-39-44(4)37-45(5)40-52)60-36-32-50-31-35-58-61(27-17-21-49-30-34-57(60)65(50)64(49)58)71(53-41-46(6)38-47(7)42-53)62-28-19-25-56-55-24-18-26-59(69(10,11)14-3)66(55)73-67(56)62/h15-16,18-28,30-32,34-42,48,72H,12-14,17,29,33,43H2,1-11H3/b23-15-,63-54-. The van der Waals surface area contributed by atoms with E-state index in [4.69, 9.17) is 4.42 Å². The fourth-order valence-corrected chi connectivity index (χ4v) is 11.8. The highest BCUT2D eigenvalue weighted by Crippen LogP contribution is 2.48. The molecule has 0 saturated heterocycles. The van der Waals surface area contributed by atoms with Crippen LogP contribution in [0.15, 0.2) is 167 Å². The monoisotopic (exact) mass is 963 g/mol. The lowest BCUT2D eigenvalue weighted by Gasteiger charge is -2.31. The summed E-state index contributed by atoms with van der Waals surface area (Å²) in [6, 6.07) is 40.8. The highest BCUT2D eigenvalue weighted by atomic mass is 16.3. The number of hydrogen-bond donors (Lipinski definition) is 1. The smallest absolute Gasteiger partial charge is 0.159 e. The minimum Gasteiger partial charge on any atom is -0.510 e. The van der Waals surface area contributed by atoms with Gasteiger partial charge in [0.15, 0.2) is 5.58 Å². The molecule has 4 heteroatoms. The van der Waals surface area contributed by atoms with Crippen LogP contribution in [-0.4, -0.2) is 11.7 Å². The van der Waals surface area contributed by atoms with Crippen molar-refractivity contribution in [1.29, 1.82) is 0 Å². The Hall–Kier alpha value is -7.04. The fraction of sp³-hybridized carbons (Fsp3) is 0.304. The largest absolute Gasteiger partial charge is 0.510 e. The molecular weight excluding hydrogens is 889 g/mol. The van der Waals surface area contributed by atoms with E-state index in [1.165, 1.54) is 60.3 Å². The Labute approximate surface area is 434 Å². The zero-order valence-electron chi connectivity index (χ0n) is 45.2. The molecule has 2 aliphatic rings. The topological polar surface area (TPSA) is 39.9 Å². The highest BCUT2D eigenvalue weighted by molar-refractivity contribution is 6.20. The minimum absolute atomic E-state index is 0.0538. The minimum atomic E-state index is -0.0538. The maximum Gasteiger partial charge on any atom is 0.159 e. The third-order valence-electron chi connectivity index (χ3n) is 16.4. The lowest BCUT2D eigenvalue weighted by molar-refractivity contribution is 0.385. The number of nitrogens with zero attached hydrogens (tertiary/aromatic N) is 2. The van der Waals surface area contributed by atoms with E-state index in [1.54, 1.807) is 0 Å². The second-order valence-electron chi connectivity index (χ2n) is 22.4. The number of aliphatic hydroxyl groups excluding tert-OH is 1. The first-order valence-corrected chi connectivity index (χ1v) is 26.9. The van der Waals surface area contributed by atoms with E-state index in [2.05, 4.69) is 238 Å². The Morgan fingerprint density at radius 1 is 0.685 bits per heavy atom. The Balaban J connectivity index is 1.17. The summed E-state index contributed by atoms with van der Waals surface area (Å²) < 4.78 is 7.20.